The number of rotatable bonds is 6. The van der Waals surface area contributed by atoms with Crippen molar-refractivity contribution in [3.8, 4) is 0 Å². The second-order valence-corrected chi connectivity index (χ2v) is 7.53. The molecule has 3 nitrogen and oxygen atoms in total. The minimum Gasteiger partial charge on any atom is -0.322 e. The summed E-state index contributed by atoms with van der Waals surface area (Å²) in [7, 11) is 0. The fourth-order valence-electron chi connectivity index (χ4n) is 3.32. The van der Waals surface area contributed by atoms with Crippen LogP contribution >= 0.6 is 24.0 Å². The van der Waals surface area contributed by atoms with E-state index in [1.54, 1.807) is 0 Å². The van der Waals surface area contributed by atoms with Gasteiger partial charge in [-0.3, -0.25) is 4.90 Å². The summed E-state index contributed by atoms with van der Waals surface area (Å²) < 4.78 is 2.33. The van der Waals surface area contributed by atoms with Crippen molar-refractivity contribution < 1.29 is 0 Å². The lowest BCUT2D eigenvalue weighted by atomic mass is 10.2. The Labute approximate surface area is 167 Å². The molecule has 3 aromatic rings. The summed E-state index contributed by atoms with van der Waals surface area (Å²) in [6, 6.07) is 17.4. The Morgan fingerprint density at radius 1 is 0.962 bits per heavy atom. The fraction of sp³-hybridized carbons (Fsp3) is 0.381. The molecule has 0 N–H and O–H groups in total. The van der Waals surface area contributed by atoms with Crippen LogP contribution in [0.5, 0.6) is 0 Å². The first-order valence-electron chi connectivity index (χ1n) is 8.90. The molecule has 0 aliphatic rings. The van der Waals surface area contributed by atoms with Crippen LogP contribution in [-0.2, 0) is 13.1 Å². The third kappa shape index (κ3) is 4.59. The van der Waals surface area contributed by atoms with Crippen LogP contribution < -0.4 is 0 Å². The number of para-hydroxylation sites is 2. The van der Waals surface area contributed by atoms with Crippen LogP contribution in [0.3, 0.4) is 0 Å². The lowest BCUT2D eigenvalue weighted by Crippen LogP contribution is -2.37. The standard InChI is InChI=1S/C21H26ClN3.ClH/c1-15(2)24(16(3)4)14-21-23-19-7-5-6-8-20(19)25(21)13-17-9-11-18(22)12-10-17;/h5-12,15-16H,13-14H2,1-4H3;1H. The van der Waals surface area contributed by atoms with Crippen molar-refractivity contribution in [2.24, 2.45) is 0 Å². The summed E-state index contributed by atoms with van der Waals surface area (Å²) in [6.45, 7) is 10.6. The highest BCUT2D eigenvalue weighted by Gasteiger charge is 2.18. The smallest absolute Gasteiger partial charge is 0.124 e. The molecular weight excluding hydrogens is 365 g/mol. The van der Waals surface area contributed by atoms with Gasteiger partial charge in [0.1, 0.15) is 5.82 Å². The minimum absolute atomic E-state index is 0. The van der Waals surface area contributed by atoms with Gasteiger partial charge in [-0.05, 0) is 57.5 Å². The van der Waals surface area contributed by atoms with Gasteiger partial charge < -0.3 is 4.57 Å². The van der Waals surface area contributed by atoms with Crippen molar-refractivity contribution in [1.82, 2.24) is 14.5 Å². The van der Waals surface area contributed by atoms with E-state index >= 15 is 0 Å². The number of hydrogen-bond acceptors (Lipinski definition) is 2. The van der Waals surface area contributed by atoms with Crippen LogP contribution in [0.2, 0.25) is 5.02 Å². The molecular formula is C21H27Cl2N3. The zero-order valence-electron chi connectivity index (χ0n) is 15.8. The second kappa shape index (κ2) is 8.90. The summed E-state index contributed by atoms with van der Waals surface area (Å²) in [5.74, 6) is 1.11. The maximum atomic E-state index is 6.03. The third-order valence-electron chi connectivity index (χ3n) is 4.64. The predicted molar refractivity (Wildman–Crippen MR) is 113 cm³/mol. The Morgan fingerprint density at radius 3 is 2.19 bits per heavy atom. The predicted octanol–water partition coefficient (Wildman–Crippen LogP) is 5.78. The third-order valence-corrected chi connectivity index (χ3v) is 4.89. The minimum atomic E-state index is 0. The van der Waals surface area contributed by atoms with Crippen LogP contribution in [0.1, 0.15) is 39.1 Å². The quantitative estimate of drug-likeness (QED) is 0.530. The van der Waals surface area contributed by atoms with Gasteiger partial charge in [-0.2, -0.15) is 0 Å². The first-order valence-corrected chi connectivity index (χ1v) is 9.28. The van der Waals surface area contributed by atoms with Crippen LogP contribution in [0.15, 0.2) is 48.5 Å². The molecule has 0 bridgehead atoms. The molecule has 0 aliphatic heterocycles. The van der Waals surface area contributed by atoms with E-state index in [1.165, 1.54) is 11.1 Å². The molecule has 0 unspecified atom stereocenters. The van der Waals surface area contributed by atoms with Crippen LogP contribution in [0.4, 0.5) is 0 Å². The molecule has 0 saturated carbocycles. The summed E-state index contributed by atoms with van der Waals surface area (Å²) >= 11 is 6.03. The van der Waals surface area contributed by atoms with Crippen LogP contribution in [0.25, 0.3) is 11.0 Å². The molecule has 0 spiro atoms. The van der Waals surface area contributed by atoms with Gasteiger partial charge in [0, 0.05) is 23.7 Å². The molecule has 3 rings (SSSR count). The van der Waals surface area contributed by atoms with E-state index in [1.807, 2.05) is 12.1 Å². The highest BCUT2D eigenvalue weighted by molar-refractivity contribution is 6.30. The van der Waals surface area contributed by atoms with Crippen molar-refractivity contribution in [2.75, 3.05) is 0 Å². The molecule has 140 valence electrons. The first kappa shape index (κ1) is 20.8. The van der Waals surface area contributed by atoms with Gasteiger partial charge in [-0.1, -0.05) is 35.9 Å². The number of nitrogens with zero attached hydrogens (tertiary/aromatic N) is 3. The number of aromatic nitrogens is 2. The van der Waals surface area contributed by atoms with Crippen molar-refractivity contribution in [2.45, 2.75) is 52.9 Å². The molecule has 26 heavy (non-hydrogen) atoms. The first-order chi connectivity index (χ1) is 12.0. The van der Waals surface area contributed by atoms with Gasteiger partial charge in [0.2, 0.25) is 0 Å². The molecule has 1 heterocycles. The van der Waals surface area contributed by atoms with Gasteiger partial charge in [0.15, 0.2) is 0 Å². The van der Waals surface area contributed by atoms with Gasteiger partial charge in [-0.15, -0.1) is 12.4 Å². The van der Waals surface area contributed by atoms with Gasteiger partial charge >= 0.3 is 0 Å². The highest BCUT2D eigenvalue weighted by Crippen LogP contribution is 2.21. The molecule has 0 amide bonds. The van der Waals surface area contributed by atoms with E-state index in [2.05, 4.69) is 73.6 Å². The van der Waals surface area contributed by atoms with E-state index in [-0.39, 0.29) is 12.4 Å². The molecule has 0 atom stereocenters. The Hall–Kier alpha value is -1.55. The van der Waals surface area contributed by atoms with E-state index in [0.717, 1.165) is 29.5 Å². The largest absolute Gasteiger partial charge is 0.322 e. The lowest BCUT2D eigenvalue weighted by Gasteiger charge is -2.30. The van der Waals surface area contributed by atoms with E-state index in [4.69, 9.17) is 16.6 Å². The normalized spacial score (nSPS) is 11.5. The zero-order valence-corrected chi connectivity index (χ0v) is 17.4. The molecule has 0 fully saturated rings. The van der Waals surface area contributed by atoms with E-state index in [0.29, 0.717) is 12.1 Å². The SMILES string of the molecule is CC(C)N(Cc1nc2ccccc2n1Cc1ccc(Cl)cc1)C(C)C.Cl. The van der Waals surface area contributed by atoms with Crippen molar-refractivity contribution in [3.05, 3.63) is 64.9 Å². The van der Waals surface area contributed by atoms with Crippen molar-refractivity contribution in [1.29, 1.82) is 0 Å². The van der Waals surface area contributed by atoms with Crippen molar-refractivity contribution in [3.63, 3.8) is 0 Å². The van der Waals surface area contributed by atoms with Crippen LogP contribution in [0, 0.1) is 0 Å². The maximum absolute atomic E-state index is 6.03. The summed E-state index contributed by atoms with van der Waals surface area (Å²) in [4.78, 5) is 7.40. The van der Waals surface area contributed by atoms with Gasteiger partial charge in [0.05, 0.1) is 17.6 Å². The molecule has 2 aromatic carbocycles. The number of imidazole rings is 1. The Balaban J connectivity index is 0.00000243. The van der Waals surface area contributed by atoms with E-state index < -0.39 is 0 Å². The van der Waals surface area contributed by atoms with Crippen LogP contribution in [-0.4, -0.2) is 26.5 Å². The Bertz CT molecular complexity index is 830. The molecule has 5 heteroatoms. The molecule has 0 aliphatic carbocycles. The fourth-order valence-corrected chi connectivity index (χ4v) is 3.45. The number of hydrogen-bond donors (Lipinski definition) is 0. The molecule has 0 radical (unpaired) electrons. The van der Waals surface area contributed by atoms with Gasteiger partial charge in [-0.25, -0.2) is 4.98 Å². The maximum Gasteiger partial charge on any atom is 0.124 e. The lowest BCUT2D eigenvalue weighted by molar-refractivity contribution is 0.160. The second-order valence-electron chi connectivity index (χ2n) is 7.09. The van der Waals surface area contributed by atoms with E-state index in [9.17, 15) is 0 Å². The number of fused-ring (bicyclic) bond motifs is 1. The number of halogens is 2. The monoisotopic (exact) mass is 391 g/mol. The molecule has 0 saturated heterocycles. The highest BCUT2D eigenvalue weighted by atomic mass is 35.5. The summed E-state index contributed by atoms with van der Waals surface area (Å²) in [5, 5.41) is 0.769. The topological polar surface area (TPSA) is 21.1 Å². The Morgan fingerprint density at radius 2 is 1.58 bits per heavy atom. The number of benzene rings is 2. The molecule has 1 aromatic heterocycles. The Kier molecular flexibility index (Phi) is 7.10. The average Bonchev–Trinajstić information content (AvgIpc) is 2.92. The average molecular weight is 392 g/mol. The van der Waals surface area contributed by atoms with Gasteiger partial charge in [0.25, 0.3) is 0 Å². The van der Waals surface area contributed by atoms with Crippen molar-refractivity contribution >= 4 is 35.0 Å². The zero-order chi connectivity index (χ0) is 18.0. The summed E-state index contributed by atoms with van der Waals surface area (Å²) in [5.41, 5.74) is 3.47. The summed E-state index contributed by atoms with van der Waals surface area (Å²) in [6.07, 6.45) is 0.